The van der Waals surface area contributed by atoms with E-state index in [1.807, 2.05) is 0 Å². The zero-order chi connectivity index (χ0) is 11.6. The van der Waals surface area contributed by atoms with Gasteiger partial charge in [0, 0.05) is 6.07 Å². The lowest BCUT2D eigenvalue weighted by molar-refractivity contribution is -0.389. The molecule has 0 amide bonds. The Bertz CT molecular complexity index is 422. The van der Waals surface area contributed by atoms with E-state index in [2.05, 4.69) is 4.98 Å². The normalized spacial score (nSPS) is 10.3. The Morgan fingerprint density at radius 1 is 1.60 bits per heavy atom. The summed E-state index contributed by atoms with van der Waals surface area (Å²) in [6, 6.07) is 0.738. The van der Waals surface area contributed by atoms with Crippen molar-refractivity contribution in [3.8, 4) is 0 Å². The van der Waals surface area contributed by atoms with Crippen LogP contribution in [0.15, 0.2) is 6.07 Å². The zero-order valence-corrected chi connectivity index (χ0v) is 7.18. The average molecular weight is 217 g/mol. The number of anilines is 1. The van der Waals surface area contributed by atoms with Gasteiger partial charge in [0.1, 0.15) is 5.56 Å². The van der Waals surface area contributed by atoms with Crippen LogP contribution in [-0.4, -0.2) is 16.2 Å². The highest BCUT2D eigenvalue weighted by Crippen LogP contribution is 2.26. The molecular formula is C7H5F2N3O3. The fraction of sp³-hybridized carbons (Fsp3) is 0.143. The first-order chi connectivity index (χ1) is 6.97. The molecule has 0 saturated heterocycles. The van der Waals surface area contributed by atoms with E-state index in [0.717, 1.165) is 6.07 Å². The Kier molecular flexibility index (Phi) is 2.88. The molecular weight excluding hydrogens is 212 g/mol. The number of aromatic nitrogens is 1. The molecule has 1 rings (SSSR count). The smallest absolute Gasteiger partial charge is 0.376 e. The summed E-state index contributed by atoms with van der Waals surface area (Å²) < 4.78 is 24.4. The van der Waals surface area contributed by atoms with Crippen LogP contribution < -0.4 is 5.73 Å². The van der Waals surface area contributed by atoms with Crippen molar-refractivity contribution >= 4 is 17.8 Å². The van der Waals surface area contributed by atoms with Crippen molar-refractivity contribution in [2.75, 3.05) is 5.73 Å². The first-order valence-electron chi connectivity index (χ1n) is 3.65. The number of nitro groups is 1. The maximum atomic E-state index is 12.2. The molecule has 0 aromatic carbocycles. The first kappa shape index (κ1) is 11.0. The van der Waals surface area contributed by atoms with Gasteiger partial charge in [0.2, 0.25) is 5.69 Å². The lowest BCUT2D eigenvalue weighted by Crippen LogP contribution is -2.05. The van der Waals surface area contributed by atoms with Crippen LogP contribution in [0.4, 0.5) is 20.3 Å². The molecule has 80 valence electrons. The number of carbonyl (C=O) groups is 1. The van der Waals surface area contributed by atoms with Crippen LogP contribution in [0.3, 0.4) is 0 Å². The summed E-state index contributed by atoms with van der Waals surface area (Å²) >= 11 is 0. The minimum atomic E-state index is -2.98. The second-order valence-corrected chi connectivity index (χ2v) is 2.55. The molecule has 0 aliphatic carbocycles. The van der Waals surface area contributed by atoms with E-state index in [1.54, 1.807) is 0 Å². The van der Waals surface area contributed by atoms with Crippen LogP contribution in [-0.2, 0) is 0 Å². The Morgan fingerprint density at radius 3 is 2.60 bits per heavy atom. The Labute approximate surface area is 81.9 Å². The number of aldehydes is 1. The van der Waals surface area contributed by atoms with Gasteiger partial charge in [-0.15, -0.1) is 0 Å². The second-order valence-electron chi connectivity index (χ2n) is 2.55. The number of rotatable bonds is 3. The van der Waals surface area contributed by atoms with E-state index in [9.17, 15) is 23.7 Å². The van der Waals surface area contributed by atoms with Gasteiger partial charge in [0.05, 0.1) is 5.69 Å². The van der Waals surface area contributed by atoms with Crippen molar-refractivity contribution < 1.29 is 18.5 Å². The molecule has 0 bridgehead atoms. The van der Waals surface area contributed by atoms with Crippen LogP contribution in [0, 0.1) is 10.1 Å². The van der Waals surface area contributed by atoms with Crippen LogP contribution in [0.25, 0.3) is 0 Å². The fourth-order valence-corrected chi connectivity index (χ4v) is 0.953. The van der Waals surface area contributed by atoms with Crippen LogP contribution >= 0.6 is 0 Å². The highest BCUT2D eigenvalue weighted by atomic mass is 19.3. The summed E-state index contributed by atoms with van der Waals surface area (Å²) in [5, 5.41) is 10.4. The average Bonchev–Trinajstić information content (AvgIpc) is 2.16. The molecule has 0 unspecified atom stereocenters. The topological polar surface area (TPSA) is 99.1 Å². The highest BCUT2D eigenvalue weighted by Gasteiger charge is 2.25. The lowest BCUT2D eigenvalue weighted by Gasteiger charge is -2.01. The Hall–Kier alpha value is -2.12. The lowest BCUT2D eigenvalue weighted by atomic mass is 10.2. The number of pyridine rings is 1. The molecule has 0 fully saturated rings. The number of hydrogen-bond donors (Lipinski definition) is 1. The van der Waals surface area contributed by atoms with Crippen LogP contribution in [0.2, 0.25) is 0 Å². The molecule has 0 radical (unpaired) electrons. The molecule has 0 spiro atoms. The van der Waals surface area contributed by atoms with Gasteiger partial charge in [-0.05, 0) is 9.91 Å². The molecule has 15 heavy (non-hydrogen) atoms. The third-order valence-corrected chi connectivity index (χ3v) is 1.60. The van der Waals surface area contributed by atoms with Crippen LogP contribution in [0.5, 0.6) is 0 Å². The molecule has 8 heteroatoms. The van der Waals surface area contributed by atoms with Crippen molar-refractivity contribution in [2.45, 2.75) is 6.43 Å². The number of nitrogen functional groups attached to an aromatic ring is 1. The zero-order valence-electron chi connectivity index (χ0n) is 7.18. The largest absolute Gasteiger partial charge is 0.398 e. The van der Waals surface area contributed by atoms with E-state index >= 15 is 0 Å². The Balaban J connectivity index is 3.45. The maximum Gasteiger partial charge on any atom is 0.376 e. The Morgan fingerprint density at radius 2 is 2.20 bits per heavy atom. The van der Waals surface area contributed by atoms with E-state index < -0.39 is 28.4 Å². The molecule has 2 N–H and O–H groups in total. The van der Waals surface area contributed by atoms with Crippen molar-refractivity contribution in [3.05, 3.63) is 27.4 Å². The summed E-state index contributed by atoms with van der Waals surface area (Å²) in [7, 11) is 0. The number of nitrogens with two attached hydrogens (primary N) is 1. The van der Waals surface area contributed by atoms with E-state index in [1.165, 1.54) is 0 Å². The quantitative estimate of drug-likeness (QED) is 0.467. The summed E-state index contributed by atoms with van der Waals surface area (Å²) in [6.45, 7) is 0. The monoisotopic (exact) mass is 217 g/mol. The maximum absolute atomic E-state index is 12.2. The van der Waals surface area contributed by atoms with E-state index in [-0.39, 0.29) is 12.0 Å². The van der Waals surface area contributed by atoms with Crippen molar-refractivity contribution in [3.63, 3.8) is 0 Å². The first-order valence-corrected chi connectivity index (χ1v) is 3.65. The van der Waals surface area contributed by atoms with Gasteiger partial charge in [-0.25, -0.2) is 8.78 Å². The van der Waals surface area contributed by atoms with E-state index in [4.69, 9.17) is 5.73 Å². The van der Waals surface area contributed by atoms with Crippen LogP contribution in [0.1, 0.15) is 22.5 Å². The van der Waals surface area contributed by atoms with Gasteiger partial charge in [-0.1, -0.05) is 0 Å². The van der Waals surface area contributed by atoms with Crippen molar-refractivity contribution in [1.29, 1.82) is 0 Å². The number of nitrogens with zero attached hydrogens (tertiary/aromatic N) is 2. The molecule has 0 aliphatic heterocycles. The molecule has 1 aromatic rings. The number of hydrogen-bond acceptors (Lipinski definition) is 5. The van der Waals surface area contributed by atoms with Crippen molar-refractivity contribution in [1.82, 2.24) is 4.98 Å². The fourth-order valence-electron chi connectivity index (χ4n) is 0.953. The number of halogens is 2. The molecule has 0 aliphatic rings. The molecule has 1 heterocycles. The van der Waals surface area contributed by atoms with Gasteiger partial charge in [-0.2, -0.15) is 0 Å². The number of carbonyl (C=O) groups excluding carboxylic acids is 1. The van der Waals surface area contributed by atoms with Gasteiger partial charge in [0.25, 0.3) is 0 Å². The molecule has 6 nitrogen and oxygen atoms in total. The number of alkyl halides is 2. The molecule has 1 aromatic heterocycles. The van der Waals surface area contributed by atoms with E-state index in [0.29, 0.717) is 0 Å². The summed E-state index contributed by atoms with van der Waals surface area (Å²) in [4.78, 5) is 22.8. The van der Waals surface area contributed by atoms with Gasteiger partial charge < -0.3 is 15.8 Å². The van der Waals surface area contributed by atoms with Crippen molar-refractivity contribution in [2.24, 2.45) is 0 Å². The SMILES string of the molecule is Nc1cc(C(F)F)nc([N+](=O)[O-])c1C=O. The predicted octanol–water partition coefficient (Wildman–Crippen LogP) is 1.32. The van der Waals surface area contributed by atoms with Gasteiger partial charge >= 0.3 is 12.2 Å². The molecule has 0 atom stereocenters. The summed E-state index contributed by atoms with van der Waals surface area (Å²) in [6.07, 6.45) is -2.87. The van der Waals surface area contributed by atoms with Gasteiger partial charge in [-0.3, -0.25) is 4.79 Å². The predicted molar refractivity (Wildman–Crippen MR) is 45.6 cm³/mol. The van der Waals surface area contributed by atoms with Gasteiger partial charge in [0.15, 0.2) is 6.29 Å². The minimum absolute atomic E-state index is 0.107. The second kappa shape index (κ2) is 3.95. The molecule has 0 saturated carbocycles. The highest BCUT2D eigenvalue weighted by molar-refractivity contribution is 5.87. The summed E-state index contributed by atoms with van der Waals surface area (Å²) in [5.74, 6) is -0.958. The third kappa shape index (κ3) is 2.03. The standard InChI is InChI=1S/C7H5F2N3O3/c8-6(9)5-1-4(10)3(2-13)7(11-5)12(14)15/h1-2,6H,(H2,10,11). The minimum Gasteiger partial charge on any atom is -0.398 e. The third-order valence-electron chi connectivity index (χ3n) is 1.60. The summed E-state index contributed by atoms with van der Waals surface area (Å²) in [5.41, 5.74) is 3.49.